The molecule has 6 heteroatoms. The maximum Gasteiger partial charge on any atom is 0.261 e. The van der Waals surface area contributed by atoms with E-state index in [2.05, 4.69) is 6.92 Å². The molecule has 0 radical (unpaired) electrons. The van der Waals surface area contributed by atoms with Gasteiger partial charge in [0.25, 0.3) is 5.91 Å². The Bertz CT molecular complexity index is 692. The van der Waals surface area contributed by atoms with Gasteiger partial charge in [0, 0.05) is 18.3 Å². The Morgan fingerprint density at radius 1 is 1.30 bits per heavy atom. The highest BCUT2D eigenvalue weighted by molar-refractivity contribution is 7.90. The third kappa shape index (κ3) is 4.05. The molecule has 2 aliphatic carbocycles. The number of sulfone groups is 1. The molecule has 1 atom stereocenters. The fourth-order valence-electron chi connectivity index (χ4n) is 2.94. The summed E-state index contributed by atoms with van der Waals surface area (Å²) in [6.07, 6.45) is 5.71. The van der Waals surface area contributed by atoms with Crippen molar-refractivity contribution < 1.29 is 17.9 Å². The number of nitrogens with zero attached hydrogens (tertiary/aromatic N) is 1. The number of hydrogen-bond donors (Lipinski definition) is 0. The summed E-state index contributed by atoms with van der Waals surface area (Å²) in [4.78, 5) is 14.7. The van der Waals surface area contributed by atoms with Crippen molar-refractivity contribution in [1.82, 2.24) is 4.90 Å². The Hall–Kier alpha value is -1.56. The van der Waals surface area contributed by atoms with E-state index in [9.17, 15) is 13.2 Å². The van der Waals surface area contributed by atoms with Crippen molar-refractivity contribution in [1.29, 1.82) is 0 Å². The van der Waals surface area contributed by atoms with E-state index in [1.165, 1.54) is 25.0 Å². The Morgan fingerprint density at radius 2 is 2.00 bits per heavy atom. The van der Waals surface area contributed by atoms with Gasteiger partial charge in [-0.05, 0) is 56.7 Å². The predicted molar refractivity (Wildman–Crippen MR) is 87.1 cm³/mol. The van der Waals surface area contributed by atoms with Crippen molar-refractivity contribution in [3.8, 4) is 5.75 Å². The van der Waals surface area contributed by atoms with Crippen LogP contribution in [0.1, 0.15) is 32.6 Å². The molecule has 1 amide bonds. The van der Waals surface area contributed by atoms with E-state index in [-0.39, 0.29) is 23.5 Å². The zero-order valence-corrected chi connectivity index (χ0v) is 14.4. The molecule has 0 heterocycles. The fraction of sp³-hybridized carbons (Fsp3) is 0.588. The standard InChI is InChI=1S/C17H23NO4S/c1-12(13-6-7-13)18(14-8-9-14)17(19)11-22-15-4-3-5-16(10-15)23(2,20)21/h3-5,10,12-14H,6-9,11H2,1-2H3. The fourth-order valence-corrected chi connectivity index (χ4v) is 3.59. The molecule has 0 N–H and O–H groups in total. The van der Waals surface area contributed by atoms with Gasteiger partial charge in [0.05, 0.1) is 4.90 Å². The zero-order chi connectivity index (χ0) is 16.6. The van der Waals surface area contributed by atoms with Crippen LogP contribution in [0.5, 0.6) is 5.75 Å². The Balaban J connectivity index is 1.64. The monoisotopic (exact) mass is 337 g/mol. The molecule has 5 nitrogen and oxygen atoms in total. The smallest absolute Gasteiger partial charge is 0.261 e. The van der Waals surface area contributed by atoms with Gasteiger partial charge in [-0.25, -0.2) is 8.42 Å². The summed E-state index contributed by atoms with van der Waals surface area (Å²) in [6, 6.07) is 6.93. The van der Waals surface area contributed by atoms with Crippen LogP contribution in [0.4, 0.5) is 0 Å². The molecule has 0 aromatic heterocycles. The molecule has 23 heavy (non-hydrogen) atoms. The Labute approximate surface area is 137 Å². The van der Waals surface area contributed by atoms with Crippen LogP contribution in [0.15, 0.2) is 29.2 Å². The minimum atomic E-state index is -3.28. The molecule has 0 saturated heterocycles. The van der Waals surface area contributed by atoms with Crippen molar-refractivity contribution in [3.05, 3.63) is 24.3 Å². The second-order valence-electron chi connectivity index (χ2n) is 6.65. The third-order valence-corrected chi connectivity index (χ3v) is 5.68. The van der Waals surface area contributed by atoms with Gasteiger partial charge in [0.15, 0.2) is 16.4 Å². The van der Waals surface area contributed by atoms with Gasteiger partial charge in [-0.2, -0.15) is 0 Å². The molecule has 1 aromatic carbocycles. The first kappa shape index (κ1) is 16.3. The Morgan fingerprint density at radius 3 is 2.57 bits per heavy atom. The van der Waals surface area contributed by atoms with E-state index in [0.29, 0.717) is 17.7 Å². The van der Waals surface area contributed by atoms with Crippen LogP contribution >= 0.6 is 0 Å². The summed E-state index contributed by atoms with van der Waals surface area (Å²) in [6.45, 7) is 2.08. The normalized spacial score (nSPS) is 19.2. The van der Waals surface area contributed by atoms with E-state index in [0.717, 1.165) is 19.1 Å². The van der Waals surface area contributed by atoms with Crippen LogP contribution in [0, 0.1) is 5.92 Å². The highest BCUT2D eigenvalue weighted by Crippen LogP contribution is 2.39. The number of carbonyl (C=O) groups is 1. The summed E-state index contributed by atoms with van der Waals surface area (Å²) in [5.74, 6) is 1.04. The lowest BCUT2D eigenvalue weighted by atomic mass is 10.1. The van der Waals surface area contributed by atoms with E-state index >= 15 is 0 Å². The van der Waals surface area contributed by atoms with E-state index in [1.807, 2.05) is 4.90 Å². The number of rotatable bonds is 7. The van der Waals surface area contributed by atoms with Crippen molar-refractivity contribution in [2.24, 2.45) is 5.92 Å². The van der Waals surface area contributed by atoms with Gasteiger partial charge in [-0.1, -0.05) is 6.07 Å². The van der Waals surface area contributed by atoms with Gasteiger partial charge in [-0.3, -0.25) is 4.79 Å². The minimum absolute atomic E-state index is 0.00309. The molecule has 0 aliphatic heterocycles. The van der Waals surface area contributed by atoms with Crippen molar-refractivity contribution in [2.45, 2.75) is 49.6 Å². The highest BCUT2D eigenvalue weighted by Gasteiger charge is 2.41. The molecule has 2 fully saturated rings. The molecule has 2 aliphatic rings. The lowest BCUT2D eigenvalue weighted by Gasteiger charge is -2.29. The quantitative estimate of drug-likeness (QED) is 0.765. The Kier molecular flexibility index (Phi) is 4.36. The summed E-state index contributed by atoms with van der Waals surface area (Å²) < 4.78 is 28.7. The average Bonchev–Trinajstić information content (AvgIpc) is 3.37. The second-order valence-corrected chi connectivity index (χ2v) is 8.66. The molecule has 0 spiro atoms. The summed E-state index contributed by atoms with van der Waals surface area (Å²) >= 11 is 0. The van der Waals surface area contributed by atoms with E-state index in [1.54, 1.807) is 12.1 Å². The molecule has 0 bridgehead atoms. The lowest BCUT2D eigenvalue weighted by Crippen LogP contribution is -2.44. The zero-order valence-electron chi connectivity index (χ0n) is 13.6. The van der Waals surface area contributed by atoms with E-state index < -0.39 is 9.84 Å². The van der Waals surface area contributed by atoms with Crippen LogP contribution in [-0.4, -0.2) is 44.2 Å². The first-order valence-electron chi connectivity index (χ1n) is 8.10. The first-order valence-corrected chi connectivity index (χ1v) is 9.99. The van der Waals surface area contributed by atoms with Crippen LogP contribution < -0.4 is 4.74 Å². The molecule has 2 saturated carbocycles. The van der Waals surface area contributed by atoms with Gasteiger partial charge in [0.2, 0.25) is 0 Å². The molecule has 1 aromatic rings. The maximum absolute atomic E-state index is 12.5. The van der Waals surface area contributed by atoms with Crippen LogP contribution in [0.25, 0.3) is 0 Å². The van der Waals surface area contributed by atoms with Gasteiger partial charge in [-0.15, -0.1) is 0 Å². The van der Waals surface area contributed by atoms with Gasteiger partial charge < -0.3 is 9.64 Å². The lowest BCUT2D eigenvalue weighted by molar-refractivity contribution is -0.136. The predicted octanol–water partition coefficient (Wildman–Crippen LogP) is 2.26. The molecule has 3 rings (SSSR count). The second kappa shape index (κ2) is 6.15. The molecular weight excluding hydrogens is 314 g/mol. The molecule has 126 valence electrons. The largest absolute Gasteiger partial charge is 0.484 e. The number of ether oxygens (including phenoxy) is 1. The highest BCUT2D eigenvalue weighted by atomic mass is 32.2. The number of carbonyl (C=O) groups excluding carboxylic acids is 1. The van der Waals surface area contributed by atoms with Crippen LogP contribution in [-0.2, 0) is 14.6 Å². The minimum Gasteiger partial charge on any atom is -0.484 e. The SMILES string of the molecule is CC(C1CC1)N(C(=O)COc1cccc(S(C)(=O)=O)c1)C1CC1. The van der Waals surface area contributed by atoms with Crippen LogP contribution in [0.2, 0.25) is 0 Å². The van der Waals surface area contributed by atoms with Gasteiger partial charge >= 0.3 is 0 Å². The average molecular weight is 337 g/mol. The number of hydrogen-bond acceptors (Lipinski definition) is 4. The third-order valence-electron chi connectivity index (χ3n) is 4.57. The van der Waals surface area contributed by atoms with Crippen LogP contribution in [0.3, 0.4) is 0 Å². The summed E-state index contributed by atoms with van der Waals surface area (Å²) in [5.41, 5.74) is 0. The summed E-state index contributed by atoms with van der Waals surface area (Å²) in [5, 5.41) is 0. The van der Waals surface area contributed by atoms with Gasteiger partial charge in [0.1, 0.15) is 5.75 Å². The van der Waals surface area contributed by atoms with Crippen molar-refractivity contribution in [2.75, 3.05) is 12.9 Å². The number of benzene rings is 1. The topological polar surface area (TPSA) is 63.7 Å². The molecular formula is C17H23NO4S. The number of amides is 1. The van der Waals surface area contributed by atoms with E-state index in [4.69, 9.17) is 4.74 Å². The van der Waals surface area contributed by atoms with Crippen molar-refractivity contribution in [3.63, 3.8) is 0 Å². The first-order chi connectivity index (χ1) is 10.9. The summed E-state index contributed by atoms with van der Waals surface area (Å²) in [7, 11) is -3.28. The molecule has 1 unspecified atom stereocenters. The van der Waals surface area contributed by atoms with Crippen molar-refractivity contribution >= 4 is 15.7 Å². The maximum atomic E-state index is 12.5.